The maximum Gasteiger partial charge on any atom is 0.237 e. The topological polar surface area (TPSA) is 50.2 Å². The molecule has 1 amide bonds. The molecule has 1 saturated heterocycles. The number of aromatic nitrogens is 2. The maximum atomic E-state index is 12.4. The molecule has 0 saturated carbocycles. The number of likely N-dealkylation sites (N-methyl/N-ethyl adjacent to an activating group) is 1. The number of hydrogen-bond acceptors (Lipinski definition) is 3. The van der Waals surface area contributed by atoms with Gasteiger partial charge in [-0.1, -0.05) is 25.0 Å². The van der Waals surface area contributed by atoms with Gasteiger partial charge in [0.1, 0.15) is 0 Å². The molecule has 2 aromatic rings. The van der Waals surface area contributed by atoms with E-state index < -0.39 is 0 Å². The summed E-state index contributed by atoms with van der Waals surface area (Å²) in [5, 5.41) is 7.29. The summed E-state index contributed by atoms with van der Waals surface area (Å²) < 4.78 is 1.82. The highest BCUT2D eigenvalue weighted by atomic mass is 16.2. The first kappa shape index (κ1) is 15.7. The zero-order valence-electron chi connectivity index (χ0n) is 13.6. The first-order valence-corrected chi connectivity index (χ1v) is 8.31. The van der Waals surface area contributed by atoms with Crippen LogP contribution in [0.5, 0.6) is 0 Å². The average molecular weight is 312 g/mol. The van der Waals surface area contributed by atoms with Gasteiger partial charge in [-0.3, -0.25) is 9.69 Å². The summed E-state index contributed by atoms with van der Waals surface area (Å²) in [4.78, 5) is 14.6. The lowest BCUT2D eigenvalue weighted by molar-refractivity contribution is -0.126. The van der Waals surface area contributed by atoms with Gasteiger partial charge in [-0.15, -0.1) is 0 Å². The molecule has 0 radical (unpaired) electrons. The zero-order chi connectivity index (χ0) is 16.1. The quantitative estimate of drug-likeness (QED) is 0.943. The molecule has 5 nitrogen and oxygen atoms in total. The lowest BCUT2D eigenvalue weighted by atomic mass is 10.1. The van der Waals surface area contributed by atoms with Gasteiger partial charge in [-0.05, 0) is 50.2 Å². The molecule has 1 atom stereocenters. The first-order chi connectivity index (χ1) is 11.2. The van der Waals surface area contributed by atoms with Crippen LogP contribution in [0.25, 0.3) is 5.69 Å². The zero-order valence-corrected chi connectivity index (χ0v) is 13.6. The van der Waals surface area contributed by atoms with E-state index in [1.807, 2.05) is 41.2 Å². The third-order valence-corrected chi connectivity index (χ3v) is 4.50. The number of likely N-dealkylation sites (tertiary alicyclic amines) is 1. The molecule has 0 bridgehead atoms. The molecule has 0 aliphatic carbocycles. The van der Waals surface area contributed by atoms with Gasteiger partial charge in [0.2, 0.25) is 5.91 Å². The molecule has 0 unspecified atom stereocenters. The molecular weight excluding hydrogens is 288 g/mol. The van der Waals surface area contributed by atoms with Crippen LogP contribution in [0.4, 0.5) is 0 Å². The molecule has 5 heteroatoms. The van der Waals surface area contributed by atoms with E-state index >= 15 is 0 Å². The number of rotatable bonds is 4. The third-order valence-electron chi connectivity index (χ3n) is 4.50. The fraction of sp³-hybridized carbons (Fsp3) is 0.444. The highest BCUT2D eigenvalue weighted by Gasteiger charge is 2.24. The number of nitrogens with zero attached hydrogens (tertiary/aromatic N) is 3. The van der Waals surface area contributed by atoms with Crippen molar-refractivity contribution >= 4 is 5.91 Å². The number of benzene rings is 1. The van der Waals surface area contributed by atoms with Gasteiger partial charge in [0, 0.05) is 18.9 Å². The lowest BCUT2D eigenvalue weighted by Gasteiger charge is -2.24. The third kappa shape index (κ3) is 3.99. The fourth-order valence-electron chi connectivity index (χ4n) is 3.08. The van der Waals surface area contributed by atoms with Crippen molar-refractivity contribution in [1.29, 1.82) is 0 Å². The normalized spacial score (nSPS) is 19.3. The number of carbonyl (C=O) groups is 1. The summed E-state index contributed by atoms with van der Waals surface area (Å²) in [5.74, 6) is 0.144. The largest absolute Gasteiger partial charge is 0.351 e. The summed E-state index contributed by atoms with van der Waals surface area (Å²) >= 11 is 0. The molecule has 1 aliphatic rings. The van der Waals surface area contributed by atoms with E-state index in [-0.39, 0.29) is 11.9 Å². The molecular formula is C18H24N4O. The lowest BCUT2D eigenvalue weighted by Crippen LogP contribution is -2.44. The van der Waals surface area contributed by atoms with Crippen molar-refractivity contribution in [1.82, 2.24) is 20.0 Å². The van der Waals surface area contributed by atoms with Crippen molar-refractivity contribution in [2.24, 2.45) is 0 Å². The Hall–Kier alpha value is -2.14. The Labute approximate surface area is 137 Å². The molecule has 122 valence electrons. The van der Waals surface area contributed by atoms with Crippen molar-refractivity contribution in [2.45, 2.75) is 38.3 Å². The Bertz CT molecular complexity index is 621. The summed E-state index contributed by atoms with van der Waals surface area (Å²) in [6, 6.07) is 10.0. The molecule has 3 rings (SSSR count). The van der Waals surface area contributed by atoms with E-state index in [1.54, 1.807) is 6.20 Å². The van der Waals surface area contributed by atoms with Crippen LogP contribution >= 0.6 is 0 Å². The van der Waals surface area contributed by atoms with Crippen LogP contribution in [0.1, 0.15) is 31.2 Å². The molecule has 23 heavy (non-hydrogen) atoms. The monoisotopic (exact) mass is 312 g/mol. The van der Waals surface area contributed by atoms with Gasteiger partial charge >= 0.3 is 0 Å². The fourth-order valence-corrected chi connectivity index (χ4v) is 3.08. The van der Waals surface area contributed by atoms with Crippen molar-refractivity contribution in [3.8, 4) is 5.69 Å². The summed E-state index contributed by atoms with van der Waals surface area (Å²) in [7, 11) is 2.05. The first-order valence-electron chi connectivity index (χ1n) is 8.31. The molecule has 2 heterocycles. The van der Waals surface area contributed by atoms with E-state index in [4.69, 9.17) is 0 Å². The predicted molar refractivity (Wildman–Crippen MR) is 90.3 cm³/mol. The minimum atomic E-state index is 0.0147. The SMILES string of the molecule is CN1CCCCC[C@H]1C(=O)NCc1ccc(-n2cccn2)cc1. The van der Waals surface area contributed by atoms with E-state index in [0.717, 1.165) is 30.6 Å². The Balaban J connectivity index is 1.56. The van der Waals surface area contributed by atoms with E-state index in [9.17, 15) is 4.79 Å². The van der Waals surface area contributed by atoms with E-state index in [2.05, 4.69) is 22.4 Å². The van der Waals surface area contributed by atoms with Crippen LogP contribution in [0.3, 0.4) is 0 Å². The number of amides is 1. The van der Waals surface area contributed by atoms with E-state index in [0.29, 0.717) is 6.54 Å². The molecule has 0 spiro atoms. The van der Waals surface area contributed by atoms with Crippen LogP contribution < -0.4 is 5.32 Å². The number of carbonyl (C=O) groups excluding carboxylic acids is 1. The predicted octanol–water partition coefficient (Wildman–Crippen LogP) is 2.36. The maximum absolute atomic E-state index is 12.4. The molecule has 1 N–H and O–H groups in total. The van der Waals surface area contributed by atoms with Crippen LogP contribution in [0, 0.1) is 0 Å². The van der Waals surface area contributed by atoms with Crippen molar-refractivity contribution in [2.75, 3.05) is 13.6 Å². The van der Waals surface area contributed by atoms with Crippen molar-refractivity contribution in [3.05, 3.63) is 48.3 Å². The van der Waals surface area contributed by atoms with Gasteiger partial charge in [0.05, 0.1) is 11.7 Å². The summed E-state index contributed by atoms with van der Waals surface area (Å²) in [6.07, 6.45) is 8.19. The number of nitrogens with one attached hydrogen (secondary N) is 1. The van der Waals surface area contributed by atoms with Crippen LogP contribution in [-0.2, 0) is 11.3 Å². The second-order valence-corrected chi connectivity index (χ2v) is 6.18. The van der Waals surface area contributed by atoms with E-state index in [1.165, 1.54) is 12.8 Å². The minimum Gasteiger partial charge on any atom is -0.351 e. The van der Waals surface area contributed by atoms with Crippen LogP contribution in [-0.4, -0.2) is 40.2 Å². The van der Waals surface area contributed by atoms with Gasteiger partial charge in [0.15, 0.2) is 0 Å². The highest BCUT2D eigenvalue weighted by Crippen LogP contribution is 2.15. The van der Waals surface area contributed by atoms with Gasteiger partial charge in [-0.25, -0.2) is 4.68 Å². The molecule has 1 aliphatic heterocycles. The Morgan fingerprint density at radius 3 is 2.83 bits per heavy atom. The molecule has 1 aromatic carbocycles. The smallest absolute Gasteiger partial charge is 0.237 e. The summed E-state index contributed by atoms with van der Waals surface area (Å²) in [6.45, 7) is 1.58. The average Bonchev–Trinajstić information content (AvgIpc) is 3.02. The Morgan fingerprint density at radius 1 is 1.26 bits per heavy atom. The molecule has 1 fully saturated rings. The standard InChI is InChI=1S/C18H24N4O/c1-21-12-4-2-3-6-17(21)18(23)19-14-15-7-9-16(10-8-15)22-13-5-11-20-22/h5,7-11,13,17H,2-4,6,12,14H2,1H3,(H,19,23)/t17-/m0/s1. The molecule has 1 aromatic heterocycles. The summed E-state index contributed by atoms with van der Waals surface area (Å²) in [5.41, 5.74) is 2.12. The van der Waals surface area contributed by atoms with Crippen LogP contribution in [0.15, 0.2) is 42.7 Å². The second kappa shape index (κ2) is 7.42. The van der Waals surface area contributed by atoms with Gasteiger partial charge in [-0.2, -0.15) is 5.10 Å². The Kier molecular flexibility index (Phi) is 5.08. The minimum absolute atomic E-state index is 0.0147. The van der Waals surface area contributed by atoms with Gasteiger partial charge in [0.25, 0.3) is 0 Å². The second-order valence-electron chi connectivity index (χ2n) is 6.18. The van der Waals surface area contributed by atoms with Gasteiger partial charge < -0.3 is 5.32 Å². The van der Waals surface area contributed by atoms with Crippen molar-refractivity contribution < 1.29 is 4.79 Å². The van der Waals surface area contributed by atoms with Crippen molar-refractivity contribution in [3.63, 3.8) is 0 Å². The Morgan fingerprint density at radius 2 is 2.09 bits per heavy atom. The highest BCUT2D eigenvalue weighted by molar-refractivity contribution is 5.81. The number of hydrogen-bond donors (Lipinski definition) is 1. The van der Waals surface area contributed by atoms with Crippen LogP contribution in [0.2, 0.25) is 0 Å².